The van der Waals surface area contributed by atoms with Crippen LogP contribution in [0.1, 0.15) is 33.4 Å². The molecule has 0 amide bonds. The summed E-state index contributed by atoms with van der Waals surface area (Å²) >= 11 is 0. The van der Waals surface area contributed by atoms with Crippen molar-refractivity contribution in [3.8, 4) is 22.8 Å². The number of nitrogens with zero attached hydrogens (tertiary/aromatic N) is 4. The Balaban J connectivity index is 0.000000171. The van der Waals surface area contributed by atoms with Gasteiger partial charge >= 0.3 is 6.18 Å². The van der Waals surface area contributed by atoms with Gasteiger partial charge in [-0.1, -0.05) is 60.7 Å². The molecule has 0 bridgehead atoms. The second-order valence-corrected chi connectivity index (χ2v) is 10.3. The minimum Gasteiger partial charge on any atom is -0.367 e. The third-order valence-corrected chi connectivity index (χ3v) is 6.12. The lowest BCUT2D eigenvalue weighted by atomic mass is 10.2. The summed E-state index contributed by atoms with van der Waals surface area (Å²) in [5.41, 5.74) is 1.94. The molecule has 0 unspecified atom stereocenters. The van der Waals surface area contributed by atoms with E-state index in [9.17, 15) is 13.2 Å². The molecular formula is C31H31F3N8. The number of alkyl halides is 3. The van der Waals surface area contributed by atoms with Crippen LogP contribution in [0.5, 0.6) is 0 Å². The van der Waals surface area contributed by atoms with Gasteiger partial charge in [0, 0.05) is 29.4 Å². The van der Waals surface area contributed by atoms with Gasteiger partial charge in [0.15, 0.2) is 11.6 Å². The normalized spacial score (nSPS) is 11.6. The number of aromatic amines is 2. The van der Waals surface area contributed by atoms with Crippen molar-refractivity contribution in [1.29, 1.82) is 0 Å². The number of nitrogens with one attached hydrogen (secondary N) is 4. The molecule has 4 N–H and O–H groups in total. The first-order chi connectivity index (χ1) is 20.1. The maximum absolute atomic E-state index is 12.9. The Kier molecular flexibility index (Phi) is 8.10. The molecule has 6 rings (SSSR count). The Labute approximate surface area is 240 Å². The van der Waals surface area contributed by atoms with E-state index in [2.05, 4.69) is 54.4 Å². The van der Waals surface area contributed by atoms with Crippen molar-refractivity contribution in [3.63, 3.8) is 0 Å². The van der Waals surface area contributed by atoms with Crippen molar-refractivity contribution in [2.75, 3.05) is 10.6 Å². The summed E-state index contributed by atoms with van der Waals surface area (Å²) in [6.45, 7) is 7.99. The van der Waals surface area contributed by atoms with E-state index in [-0.39, 0.29) is 11.7 Å². The largest absolute Gasteiger partial charge is 0.431 e. The van der Waals surface area contributed by atoms with E-state index < -0.39 is 11.9 Å². The molecule has 0 atom stereocenters. The van der Waals surface area contributed by atoms with Crippen molar-refractivity contribution in [2.45, 2.75) is 46.0 Å². The molecule has 0 aliphatic heterocycles. The summed E-state index contributed by atoms with van der Waals surface area (Å²) in [6, 6.07) is 22.5. The molecule has 216 valence electrons. The monoisotopic (exact) mass is 572 g/mol. The predicted octanol–water partition coefficient (Wildman–Crippen LogP) is 7.91. The van der Waals surface area contributed by atoms with Crippen LogP contribution < -0.4 is 10.6 Å². The fraction of sp³-hybridized carbons (Fsp3) is 0.226. The molecule has 0 aliphatic rings. The molecule has 0 aliphatic carbocycles. The van der Waals surface area contributed by atoms with Crippen LogP contribution in [-0.4, -0.2) is 42.0 Å². The van der Waals surface area contributed by atoms with Gasteiger partial charge in [-0.25, -0.2) is 19.9 Å². The van der Waals surface area contributed by atoms with Gasteiger partial charge in [0.2, 0.25) is 0 Å². The van der Waals surface area contributed by atoms with Crippen molar-refractivity contribution in [3.05, 3.63) is 84.7 Å². The van der Waals surface area contributed by atoms with Gasteiger partial charge in [-0.15, -0.1) is 0 Å². The number of aromatic nitrogens is 6. The smallest absolute Gasteiger partial charge is 0.367 e. The van der Waals surface area contributed by atoms with Crippen LogP contribution in [0.4, 0.5) is 24.8 Å². The minimum absolute atomic E-state index is 0.0287. The van der Waals surface area contributed by atoms with Crippen LogP contribution in [0.25, 0.3) is 44.8 Å². The van der Waals surface area contributed by atoms with E-state index >= 15 is 0 Å². The van der Waals surface area contributed by atoms with Gasteiger partial charge < -0.3 is 20.6 Å². The average Bonchev–Trinajstić information content (AvgIpc) is 3.62. The Morgan fingerprint density at radius 2 is 1.14 bits per heavy atom. The summed E-state index contributed by atoms with van der Waals surface area (Å²) in [6.07, 6.45) is -2.57. The molecule has 42 heavy (non-hydrogen) atoms. The van der Waals surface area contributed by atoms with Crippen LogP contribution in [0.15, 0.2) is 79.0 Å². The summed E-state index contributed by atoms with van der Waals surface area (Å²) in [5, 5.41) is 7.80. The molecule has 0 spiro atoms. The van der Waals surface area contributed by atoms with Gasteiger partial charge in [0.05, 0.1) is 10.8 Å². The Morgan fingerprint density at radius 1 is 0.643 bits per heavy atom. The zero-order valence-electron chi connectivity index (χ0n) is 23.6. The zero-order valence-corrected chi connectivity index (χ0v) is 23.6. The molecule has 11 heteroatoms. The van der Waals surface area contributed by atoms with Gasteiger partial charge in [-0.3, -0.25) is 0 Å². The maximum Gasteiger partial charge on any atom is 0.431 e. The number of fused-ring (bicyclic) bond motifs is 2. The first kappa shape index (κ1) is 28.6. The molecule has 0 saturated carbocycles. The van der Waals surface area contributed by atoms with Gasteiger partial charge in [0.1, 0.15) is 28.6 Å². The zero-order chi connectivity index (χ0) is 29.9. The first-order valence-corrected chi connectivity index (χ1v) is 13.6. The van der Waals surface area contributed by atoms with E-state index in [0.29, 0.717) is 23.1 Å². The van der Waals surface area contributed by atoms with E-state index in [1.807, 2.05) is 86.8 Å². The maximum atomic E-state index is 12.9. The van der Waals surface area contributed by atoms with Crippen LogP contribution in [0, 0.1) is 0 Å². The van der Waals surface area contributed by atoms with E-state index in [0.717, 1.165) is 39.9 Å². The highest BCUT2D eigenvalue weighted by Crippen LogP contribution is 2.34. The molecule has 0 saturated heterocycles. The highest BCUT2D eigenvalue weighted by Gasteiger charge is 2.33. The highest BCUT2D eigenvalue weighted by molar-refractivity contribution is 5.90. The highest BCUT2D eigenvalue weighted by atomic mass is 19.4. The summed E-state index contributed by atoms with van der Waals surface area (Å²) in [5.74, 6) is 2.37. The van der Waals surface area contributed by atoms with Crippen molar-refractivity contribution < 1.29 is 13.2 Å². The van der Waals surface area contributed by atoms with Gasteiger partial charge in [-0.2, -0.15) is 13.2 Å². The Bertz CT molecular complexity index is 1780. The number of hydrogen-bond acceptors (Lipinski definition) is 6. The second kappa shape index (κ2) is 11.9. The van der Waals surface area contributed by atoms with Crippen LogP contribution in [0.2, 0.25) is 0 Å². The topological polar surface area (TPSA) is 107 Å². The van der Waals surface area contributed by atoms with Crippen molar-refractivity contribution >= 4 is 33.7 Å². The summed E-state index contributed by atoms with van der Waals surface area (Å²) in [4.78, 5) is 23.3. The molecule has 2 aromatic carbocycles. The molecular weight excluding hydrogens is 541 g/mol. The number of H-pyrrole nitrogens is 2. The summed E-state index contributed by atoms with van der Waals surface area (Å²) in [7, 11) is 0. The summed E-state index contributed by atoms with van der Waals surface area (Å²) < 4.78 is 38.8. The van der Waals surface area contributed by atoms with Crippen LogP contribution in [0.3, 0.4) is 0 Å². The standard InChI is InChI=1S/C16H15F3N4.C15H16N4/c1-9(2)20-14-11-8-12(16(17,18)19)21-15(11)23-13(22-14)10-6-4-3-5-7-10;1-10(2)17-15-12-8-9-16-14(12)18-13(19-15)11-6-4-3-5-7-11/h3-9H,1-2H3,(H2,20,21,22,23);3-10H,1-2H3,(H2,16,17,18,19). The van der Waals surface area contributed by atoms with Gasteiger partial charge in [-0.05, 0) is 39.8 Å². The lowest BCUT2D eigenvalue weighted by molar-refractivity contribution is -0.140. The fourth-order valence-corrected chi connectivity index (χ4v) is 4.30. The lowest BCUT2D eigenvalue weighted by Crippen LogP contribution is -2.12. The molecule has 6 aromatic rings. The Hall–Kier alpha value is -4.93. The molecule has 4 aromatic heterocycles. The number of benzene rings is 2. The molecule has 4 heterocycles. The van der Waals surface area contributed by atoms with E-state index in [1.54, 1.807) is 0 Å². The van der Waals surface area contributed by atoms with E-state index in [4.69, 9.17) is 0 Å². The number of halogens is 3. The molecule has 0 radical (unpaired) electrons. The number of anilines is 2. The minimum atomic E-state index is -4.46. The average molecular weight is 573 g/mol. The molecule has 0 fully saturated rings. The lowest BCUT2D eigenvalue weighted by Gasteiger charge is -2.11. The second-order valence-electron chi connectivity index (χ2n) is 10.3. The van der Waals surface area contributed by atoms with E-state index in [1.165, 1.54) is 0 Å². The Morgan fingerprint density at radius 3 is 1.64 bits per heavy atom. The SMILES string of the molecule is CC(C)Nc1nc(-c2ccccc2)nc2[nH]c(C(F)(F)F)cc12.CC(C)Nc1nc(-c2ccccc2)nc2[nH]ccc12. The first-order valence-electron chi connectivity index (χ1n) is 13.6. The third kappa shape index (κ3) is 6.51. The third-order valence-electron chi connectivity index (χ3n) is 6.12. The molecule has 8 nitrogen and oxygen atoms in total. The van der Waals surface area contributed by atoms with Crippen molar-refractivity contribution in [1.82, 2.24) is 29.9 Å². The number of rotatable bonds is 6. The van der Waals surface area contributed by atoms with Gasteiger partial charge in [0.25, 0.3) is 0 Å². The quantitative estimate of drug-likeness (QED) is 0.162. The van der Waals surface area contributed by atoms with Crippen molar-refractivity contribution in [2.24, 2.45) is 0 Å². The van der Waals surface area contributed by atoms with Crippen LogP contribution in [-0.2, 0) is 6.18 Å². The fourth-order valence-electron chi connectivity index (χ4n) is 4.30. The van der Waals surface area contributed by atoms with Crippen LogP contribution >= 0.6 is 0 Å². The number of hydrogen-bond donors (Lipinski definition) is 4. The predicted molar refractivity (Wildman–Crippen MR) is 161 cm³/mol.